The normalized spacial score (nSPS) is 19.2. The van der Waals surface area contributed by atoms with Gasteiger partial charge in [0.15, 0.2) is 23.0 Å². The fourth-order valence-corrected chi connectivity index (χ4v) is 5.66. The standard InChI is InChI=1S/C28H31NO4/c1-30-24-11-10-20-22(14-18-8-6-5-7-9-18)27-21-16-26(32-3)25(31-2)15-19(21)12-13-29(27)17-23(20)28(24)33-4/h5-11,15-16,22,27H,12-14,17H2,1-4H3. The van der Waals surface area contributed by atoms with Crippen LogP contribution in [0.4, 0.5) is 0 Å². The zero-order chi connectivity index (χ0) is 22.9. The fraction of sp³-hybridized carbons (Fsp3) is 0.357. The number of ether oxygens (including phenoxy) is 4. The lowest BCUT2D eigenvalue weighted by Gasteiger charge is -2.47. The fourth-order valence-electron chi connectivity index (χ4n) is 5.66. The molecule has 2 aliphatic rings. The van der Waals surface area contributed by atoms with Crippen LogP contribution < -0.4 is 18.9 Å². The summed E-state index contributed by atoms with van der Waals surface area (Å²) < 4.78 is 22.8. The number of fused-ring (bicyclic) bond motifs is 4. The molecule has 0 amide bonds. The first kappa shape index (κ1) is 21.7. The van der Waals surface area contributed by atoms with Crippen LogP contribution in [0, 0.1) is 0 Å². The largest absolute Gasteiger partial charge is 0.493 e. The van der Waals surface area contributed by atoms with E-state index in [1.807, 2.05) is 6.07 Å². The Balaban J connectivity index is 1.68. The molecule has 0 aromatic heterocycles. The van der Waals surface area contributed by atoms with Gasteiger partial charge in [0.05, 0.1) is 28.4 Å². The van der Waals surface area contributed by atoms with E-state index in [-0.39, 0.29) is 12.0 Å². The molecule has 2 aliphatic heterocycles. The summed E-state index contributed by atoms with van der Waals surface area (Å²) in [6, 6.07) is 19.6. The van der Waals surface area contributed by atoms with Crippen LogP contribution in [0.25, 0.3) is 0 Å². The molecule has 0 spiro atoms. The van der Waals surface area contributed by atoms with Gasteiger partial charge in [-0.2, -0.15) is 0 Å². The van der Waals surface area contributed by atoms with Gasteiger partial charge in [-0.15, -0.1) is 0 Å². The Morgan fingerprint density at radius 3 is 2.21 bits per heavy atom. The molecule has 5 rings (SSSR count). The van der Waals surface area contributed by atoms with Gasteiger partial charge in [0.1, 0.15) is 0 Å². The zero-order valence-electron chi connectivity index (χ0n) is 19.8. The van der Waals surface area contributed by atoms with Gasteiger partial charge in [-0.1, -0.05) is 36.4 Å². The molecule has 0 saturated carbocycles. The summed E-state index contributed by atoms with van der Waals surface area (Å²) in [5.74, 6) is 3.50. The minimum absolute atomic E-state index is 0.249. The van der Waals surface area contributed by atoms with Crippen LogP contribution in [-0.2, 0) is 19.4 Å². The minimum atomic E-state index is 0.249. The highest BCUT2D eigenvalue weighted by molar-refractivity contribution is 5.56. The van der Waals surface area contributed by atoms with Crippen LogP contribution >= 0.6 is 0 Å². The third kappa shape index (κ3) is 3.70. The number of rotatable bonds is 6. The van der Waals surface area contributed by atoms with Crippen molar-refractivity contribution in [3.05, 3.63) is 82.4 Å². The maximum atomic E-state index is 5.86. The van der Waals surface area contributed by atoms with Gasteiger partial charge in [-0.25, -0.2) is 0 Å². The van der Waals surface area contributed by atoms with Gasteiger partial charge in [0.2, 0.25) is 0 Å². The molecule has 0 radical (unpaired) electrons. The third-order valence-electron chi connectivity index (χ3n) is 7.15. The van der Waals surface area contributed by atoms with Crippen molar-refractivity contribution < 1.29 is 18.9 Å². The van der Waals surface area contributed by atoms with Crippen LogP contribution in [0.5, 0.6) is 23.0 Å². The number of nitrogens with zero attached hydrogens (tertiary/aromatic N) is 1. The lowest BCUT2D eigenvalue weighted by atomic mass is 9.73. The molecule has 0 fully saturated rings. The minimum Gasteiger partial charge on any atom is -0.493 e. The molecule has 3 aromatic rings. The van der Waals surface area contributed by atoms with E-state index in [1.54, 1.807) is 28.4 Å². The van der Waals surface area contributed by atoms with Crippen LogP contribution in [0.3, 0.4) is 0 Å². The van der Waals surface area contributed by atoms with Gasteiger partial charge in [-0.3, -0.25) is 4.90 Å². The van der Waals surface area contributed by atoms with Crippen molar-refractivity contribution in [1.29, 1.82) is 0 Å². The number of benzene rings is 3. The van der Waals surface area contributed by atoms with E-state index in [9.17, 15) is 0 Å². The smallest absolute Gasteiger partial charge is 0.165 e. The second-order valence-corrected chi connectivity index (χ2v) is 8.74. The second-order valence-electron chi connectivity index (χ2n) is 8.74. The van der Waals surface area contributed by atoms with Crippen molar-refractivity contribution >= 4 is 0 Å². The summed E-state index contributed by atoms with van der Waals surface area (Å²) in [5.41, 5.74) is 6.58. The quantitative estimate of drug-likeness (QED) is 0.524. The number of methoxy groups -OCH3 is 4. The van der Waals surface area contributed by atoms with E-state index < -0.39 is 0 Å². The molecule has 0 bridgehead atoms. The molecule has 0 aliphatic carbocycles. The maximum Gasteiger partial charge on any atom is 0.165 e. The van der Waals surface area contributed by atoms with E-state index >= 15 is 0 Å². The lowest BCUT2D eigenvalue weighted by Crippen LogP contribution is -2.42. The highest BCUT2D eigenvalue weighted by Gasteiger charge is 2.41. The zero-order valence-corrected chi connectivity index (χ0v) is 19.8. The van der Waals surface area contributed by atoms with Gasteiger partial charge >= 0.3 is 0 Å². The molecular weight excluding hydrogens is 414 g/mol. The highest BCUT2D eigenvalue weighted by Crippen LogP contribution is 2.52. The van der Waals surface area contributed by atoms with Crippen molar-refractivity contribution in [2.45, 2.75) is 31.3 Å². The summed E-state index contributed by atoms with van der Waals surface area (Å²) in [4.78, 5) is 2.59. The molecule has 0 saturated heterocycles. The number of hydrogen-bond acceptors (Lipinski definition) is 5. The van der Waals surface area contributed by atoms with E-state index in [2.05, 4.69) is 53.4 Å². The Kier molecular flexibility index (Phi) is 5.90. The first-order valence-electron chi connectivity index (χ1n) is 11.4. The Morgan fingerprint density at radius 1 is 0.788 bits per heavy atom. The van der Waals surface area contributed by atoms with E-state index in [0.29, 0.717) is 0 Å². The van der Waals surface area contributed by atoms with Crippen molar-refractivity contribution in [2.75, 3.05) is 35.0 Å². The predicted octanol–water partition coefficient (Wildman–Crippen LogP) is 5.16. The highest BCUT2D eigenvalue weighted by atomic mass is 16.5. The Bertz CT molecular complexity index is 1140. The third-order valence-corrected chi connectivity index (χ3v) is 7.15. The van der Waals surface area contributed by atoms with Gasteiger partial charge in [0, 0.05) is 30.6 Å². The molecule has 5 nitrogen and oxygen atoms in total. The number of hydrogen-bond donors (Lipinski definition) is 0. The van der Waals surface area contributed by atoms with Crippen molar-refractivity contribution in [1.82, 2.24) is 4.90 Å². The summed E-state index contributed by atoms with van der Waals surface area (Å²) in [6.07, 6.45) is 1.92. The first-order chi connectivity index (χ1) is 16.2. The van der Waals surface area contributed by atoms with E-state index in [4.69, 9.17) is 18.9 Å². The molecule has 172 valence electrons. The first-order valence-corrected chi connectivity index (χ1v) is 11.4. The monoisotopic (exact) mass is 445 g/mol. The van der Waals surface area contributed by atoms with Crippen LogP contribution in [-0.4, -0.2) is 39.9 Å². The van der Waals surface area contributed by atoms with E-state index in [0.717, 1.165) is 48.9 Å². The average Bonchev–Trinajstić information content (AvgIpc) is 2.87. The molecule has 33 heavy (non-hydrogen) atoms. The van der Waals surface area contributed by atoms with E-state index in [1.165, 1.54) is 27.8 Å². The van der Waals surface area contributed by atoms with Crippen LogP contribution in [0.15, 0.2) is 54.6 Å². The SMILES string of the molecule is COc1cc2c(cc1OC)C1C(Cc3ccccc3)c3ccc(OC)c(OC)c3CN1CC2. The lowest BCUT2D eigenvalue weighted by molar-refractivity contribution is 0.130. The Hall–Kier alpha value is -3.18. The maximum absolute atomic E-state index is 5.86. The van der Waals surface area contributed by atoms with Gasteiger partial charge in [0.25, 0.3) is 0 Å². The van der Waals surface area contributed by atoms with Crippen LogP contribution in [0.1, 0.15) is 39.8 Å². The molecule has 2 atom stereocenters. The average molecular weight is 446 g/mol. The van der Waals surface area contributed by atoms with Crippen molar-refractivity contribution in [3.8, 4) is 23.0 Å². The Morgan fingerprint density at radius 2 is 1.52 bits per heavy atom. The van der Waals surface area contributed by atoms with Crippen LogP contribution in [0.2, 0.25) is 0 Å². The Labute approximate surface area is 195 Å². The molecule has 5 heteroatoms. The second kappa shape index (κ2) is 8.99. The molecule has 0 N–H and O–H groups in total. The summed E-state index contributed by atoms with van der Waals surface area (Å²) >= 11 is 0. The van der Waals surface area contributed by atoms with Gasteiger partial charge in [-0.05, 0) is 53.3 Å². The predicted molar refractivity (Wildman–Crippen MR) is 129 cm³/mol. The molecule has 2 heterocycles. The summed E-state index contributed by atoms with van der Waals surface area (Å²) in [5, 5.41) is 0. The molecular formula is C28H31NO4. The molecule has 3 aromatic carbocycles. The van der Waals surface area contributed by atoms with Crippen molar-refractivity contribution in [3.63, 3.8) is 0 Å². The summed E-state index contributed by atoms with van der Waals surface area (Å²) in [7, 11) is 6.85. The van der Waals surface area contributed by atoms with Gasteiger partial charge < -0.3 is 18.9 Å². The topological polar surface area (TPSA) is 40.2 Å². The molecule has 2 unspecified atom stereocenters. The summed E-state index contributed by atoms with van der Waals surface area (Å²) in [6.45, 7) is 1.82. The van der Waals surface area contributed by atoms with Crippen molar-refractivity contribution in [2.24, 2.45) is 0 Å².